The van der Waals surface area contributed by atoms with Gasteiger partial charge in [-0.3, -0.25) is 4.79 Å². The van der Waals surface area contributed by atoms with Gasteiger partial charge in [-0.25, -0.2) is 0 Å². The van der Waals surface area contributed by atoms with E-state index in [4.69, 9.17) is 11.6 Å². The van der Waals surface area contributed by atoms with Gasteiger partial charge >= 0.3 is 0 Å². The summed E-state index contributed by atoms with van der Waals surface area (Å²) in [6.07, 6.45) is 8.92. The Morgan fingerprint density at radius 2 is 1.84 bits per heavy atom. The van der Waals surface area contributed by atoms with Crippen LogP contribution in [-0.2, 0) is 4.79 Å². The van der Waals surface area contributed by atoms with Gasteiger partial charge in [-0.15, -0.1) is 11.6 Å². The van der Waals surface area contributed by atoms with Gasteiger partial charge < -0.3 is 9.80 Å². The van der Waals surface area contributed by atoms with E-state index in [1.54, 1.807) is 6.92 Å². The van der Waals surface area contributed by atoms with E-state index in [1.165, 1.54) is 45.2 Å². The molecule has 1 atom stereocenters. The van der Waals surface area contributed by atoms with Crippen LogP contribution in [0.1, 0.15) is 51.9 Å². The Labute approximate surface area is 122 Å². The van der Waals surface area contributed by atoms with E-state index >= 15 is 0 Å². The van der Waals surface area contributed by atoms with Crippen LogP contribution in [0.3, 0.4) is 0 Å². The van der Waals surface area contributed by atoms with Crippen molar-refractivity contribution in [3.8, 4) is 0 Å². The summed E-state index contributed by atoms with van der Waals surface area (Å²) in [6, 6.07) is 0.459. The van der Waals surface area contributed by atoms with E-state index in [1.807, 2.05) is 4.90 Å². The normalized spacial score (nSPS) is 23.5. The quantitative estimate of drug-likeness (QED) is 0.726. The number of hydrogen-bond donors (Lipinski definition) is 0. The van der Waals surface area contributed by atoms with Crippen LogP contribution < -0.4 is 0 Å². The van der Waals surface area contributed by atoms with Gasteiger partial charge in [0.15, 0.2) is 0 Å². The van der Waals surface area contributed by atoms with Crippen LogP contribution in [0.15, 0.2) is 0 Å². The first-order valence-corrected chi connectivity index (χ1v) is 8.29. The predicted octanol–water partition coefficient (Wildman–Crippen LogP) is 2.87. The van der Waals surface area contributed by atoms with Crippen LogP contribution in [0.2, 0.25) is 0 Å². The van der Waals surface area contributed by atoms with E-state index in [2.05, 4.69) is 4.90 Å². The molecule has 1 amide bonds. The first-order valence-electron chi connectivity index (χ1n) is 7.85. The lowest BCUT2D eigenvalue weighted by atomic mass is 9.91. The third-order valence-corrected chi connectivity index (χ3v) is 4.68. The largest absolute Gasteiger partial charge is 0.337 e. The zero-order valence-corrected chi connectivity index (χ0v) is 12.9. The van der Waals surface area contributed by atoms with Crippen molar-refractivity contribution < 1.29 is 4.79 Å². The van der Waals surface area contributed by atoms with E-state index in [9.17, 15) is 4.79 Å². The third-order valence-electron chi connectivity index (χ3n) is 4.49. The molecule has 0 bridgehead atoms. The zero-order chi connectivity index (χ0) is 13.7. The Bertz CT molecular complexity index is 284. The molecule has 1 saturated carbocycles. The third kappa shape index (κ3) is 4.35. The lowest BCUT2D eigenvalue weighted by Crippen LogP contribution is -2.49. The average Bonchev–Trinajstić information content (AvgIpc) is 2.59. The molecule has 110 valence electrons. The molecule has 1 aliphatic carbocycles. The number of halogens is 1. The van der Waals surface area contributed by atoms with Crippen molar-refractivity contribution >= 4 is 17.5 Å². The van der Waals surface area contributed by atoms with Crippen molar-refractivity contribution in [2.75, 3.05) is 26.2 Å². The molecule has 1 aliphatic heterocycles. The maximum absolute atomic E-state index is 12.2. The summed E-state index contributed by atoms with van der Waals surface area (Å²) < 4.78 is 0. The van der Waals surface area contributed by atoms with Crippen LogP contribution in [-0.4, -0.2) is 53.3 Å². The molecule has 1 heterocycles. The lowest BCUT2D eigenvalue weighted by Gasteiger charge is -2.39. The van der Waals surface area contributed by atoms with Gasteiger partial charge in [0.2, 0.25) is 5.91 Å². The molecular weight excluding hydrogens is 260 g/mol. The second-order valence-electron chi connectivity index (χ2n) is 5.99. The molecule has 0 aromatic rings. The molecule has 0 radical (unpaired) electrons. The number of amides is 1. The predicted molar refractivity (Wildman–Crippen MR) is 79.6 cm³/mol. The standard InChI is InChI=1S/C15H27ClN2O/c1-13(16)15(19)18(14-7-6-8-14)12-11-17-9-4-2-3-5-10-17/h13-14H,2-12H2,1H3. The van der Waals surface area contributed by atoms with Crippen molar-refractivity contribution in [3.63, 3.8) is 0 Å². The molecule has 1 unspecified atom stereocenters. The first-order chi connectivity index (χ1) is 9.18. The first kappa shape index (κ1) is 15.1. The summed E-state index contributed by atoms with van der Waals surface area (Å²) in [5.74, 6) is 0.126. The number of alkyl halides is 1. The number of likely N-dealkylation sites (tertiary alicyclic amines) is 1. The van der Waals surface area contributed by atoms with E-state index < -0.39 is 0 Å². The van der Waals surface area contributed by atoms with Gasteiger partial charge in [0.05, 0.1) is 0 Å². The van der Waals surface area contributed by atoms with Crippen LogP contribution in [0.4, 0.5) is 0 Å². The molecule has 0 N–H and O–H groups in total. The van der Waals surface area contributed by atoms with Crippen molar-refractivity contribution in [2.24, 2.45) is 0 Å². The number of carbonyl (C=O) groups is 1. The molecule has 0 aromatic heterocycles. The minimum Gasteiger partial charge on any atom is -0.337 e. The number of hydrogen-bond acceptors (Lipinski definition) is 2. The SMILES string of the molecule is CC(Cl)C(=O)N(CCN1CCCCCC1)C1CCC1. The summed E-state index contributed by atoms with van der Waals surface area (Å²) >= 11 is 5.99. The molecule has 0 spiro atoms. The van der Waals surface area contributed by atoms with Gasteiger partial charge in [-0.05, 0) is 52.1 Å². The number of carbonyl (C=O) groups excluding carboxylic acids is 1. The minimum absolute atomic E-state index is 0.126. The Balaban J connectivity index is 1.83. The zero-order valence-electron chi connectivity index (χ0n) is 12.1. The Kier molecular flexibility index (Phi) is 5.96. The van der Waals surface area contributed by atoms with Crippen LogP contribution in [0, 0.1) is 0 Å². The fourth-order valence-electron chi connectivity index (χ4n) is 3.01. The smallest absolute Gasteiger partial charge is 0.240 e. The molecule has 2 fully saturated rings. The fraction of sp³-hybridized carbons (Fsp3) is 0.933. The summed E-state index contributed by atoms with van der Waals surface area (Å²) in [5.41, 5.74) is 0. The van der Waals surface area contributed by atoms with E-state index in [0.717, 1.165) is 25.9 Å². The van der Waals surface area contributed by atoms with E-state index in [0.29, 0.717) is 6.04 Å². The Hall–Kier alpha value is -0.280. The summed E-state index contributed by atoms with van der Waals surface area (Å²) in [4.78, 5) is 16.8. The van der Waals surface area contributed by atoms with Crippen molar-refractivity contribution in [3.05, 3.63) is 0 Å². The van der Waals surface area contributed by atoms with Gasteiger partial charge in [0, 0.05) is 19.1 Å². The highest BCUT2D eigenvalue weighted by atomic mass is 35.5. The topological polar surface area (TPSA) is 23.6 Å². The molecule has 2 rings (SSSR count). The summed E-state index contributed by atoms with van der Waals surface area (Å²) in [5, 5.41) is -0.385. The highest BCUT2D eigenvalue weighted by Gasteiger charge is 2.30. The molecule has 0 aromatic carbocycles. The summed E-state index contributed by atoms with van der Waals surface area (Å²) in [6.45, 7) is 6.07. The fourth-order valence-corrected chi connectivity index (χ4v) is 3.13. The highest BCUT2D eigenvalue weighted by molar-refractivity contribution is 6.30. The maximum atomic E-state index is 12.2. The van der Waals surface area contributed by atoms with Gasteiger partial charge in [-0.2, -0.15) is 0 Å². The van der Waals surface area contributed by atoms with Gasteiger partial charge in [-0.1, -0.05) is 12.8 Å². The Morgan fingerprint density at radius 1 is 1.21 bits per heavy atom. The van der Waals surface area contributed by atoms with Crippen molar-refractivity contribution in [1.82, 2.24) is 9.80 Å². The monoisotopic (exact) mass is 286 g/mol. The molecule has 1 saturated heterocycles. The molecule has 4 heteroatoms. The summed E-state index contributed by atoms with van der Waals surface area (Å²) in [7, 11) is 0. The lowest BCUT2D eigenvalue weighted by molar-refractivity contribution is -0.134. The number of rotatable bonds is 5. The van der Waals surface area contributed by atoms with Crippen molar-refractivity contribution in [1.29, 1.82) is 0 Å². The molecule has 19 heavy (non-hydrogen) atoms. The van der Waals surface area contributed by atoms with Crippen LogP contribution in [0.5, 0.6) is 0 Å². The molecular formula is C15H27ClN2O. The molecule has 3 nitrogen and oxygen atoms in total. The van der Waals surface area contributed by atoms with Crippen molar-refractivity contribution in [2.45, 2.75) is 63.3 Å². The maximum Gasteiger partial charge on any atom is 0.240 e. The minimum atomic E-state index is -0.385. The molecule has 2 aliphatic rings. The Morgan fingerprint density at radius 3 is 2.32 bits per heavy atom. The second kappa shape index (κ2) is 7.49. The second-order valence-corrected chi connectivity index (χ2v) is 6.64. The number of nitrogens with zero attached hydrogens (tertiary/aromatic N) is 2. The van der Waals surface area contributed by atoms with Gasteiger partial charge in [0.1, 0.15) is 5.38 Å². The van der Waals surface area contributed by atoms with Crippen LogP contribution in [0.25, 0.3) is 0 Å². The highest BCUT2D eigenvalue weighted by Crippen LogP contribution is 2.26. The average molecular weight is 287 g/mol. The van der Waals surface area contributed by atoms with Gasteiger partial charge in [0.25, 0.3) is 0 Å². The van der Waals surface area contributed by atoms with Crippen LogP contribution >= 0.6 is 11.6 Å². The van der Waals surface area contributed by atoms with E-state index in [-0.39, 0.29) is 11.3 Å².